The van der Waals surface area contributed by atoms with Gasteiger partial charge in [0, 0.05) is 12.6 Å². The number of guanidine groups is 1. The van der Waals surface area contributed by atoms with Crippen molar-refractivity contribution < 1.29 is 0 Å². The van der Waals surface area contributed by atoms with E-state index in [0.717, 1.165) is 19.0 Å². The van der Waals surface area contributed by atoms with E-state index in [1.54, 1.807) is 0 Å². The van der Waals surface area contributed by atoms with Crippen LogP contribution in [-0.4, -0.2) is 18.5 Å². The molecule has 2 N–H and O–H groups in total. The van der Waals surface area contributed by atoms with Crippen molar-refractivity contribution in [1.82, 2.24) is 10.6 Å². The standard InChI is InChI=1S/C16H25N3/c1-3-17-16(19-15-6-4-5-7-15)18-12-14-10-8-13(2)9-11-14/h8-11,15H,3-7,12H2,1-2H3,(H2,17,18,19). The number of benzene rings is 1. The van der Waals surface area contributed by atoms with Crippen LogP contribution in [0.5, 0.6) is 0 Å². The molecule has 104 valence electrons. The second kappa shape index (κ2) is 7.17. The third-order valence-corrected chi connectivity index (χ3v) is 3.58. The normalized spacial score (nSPS) is 16.6. The van der Waals surface area contributed by atoms with E-state index in [1.165, 1.54) is 36.8 Å². The molecule has 0 spiro atoms. The highest BCUT2D eigenvalue weighted by Crippen LogP contribution is 2.17. The zero-order valence-electron chi connectivity index (χ0n) is 12.1. The summed E-state index contributed by atoms with van der Waals surface area (Å²) < 4.78 is 0. The predicted molar refractivity (Wildman–Crippen MR) is 81.4 cm³/mol. The number of hydrogen-bond donors (Lipinski definition) is 2. The molecule has 0 amide bonds. The third-order valence-electron chi connectivity index (χ3n) is 3.58. The van der Waals surface area contributed by atoms with E-state index in [0.29, 0.717) is 6.04 Å². The molecular formula is C16H25N3. The first-order chi connectivity index (χ1) is 9.28. The molecule has 3 heteroatoms. The summed E-state index contributed by atoms with van der Waals surface area (Å²) in [6.45, 7) is 5.87. The lowest BCUT2D eigenvalue weighted by atomic mass is 10.1. The number of nitrogens with zero attached hydrogens (tertiary/aromatic N) is 1. The SMILES string of the molecule is CCNC(=NCc1ccc(C)cc1)NC1CCCC1. The second-order valence-corrected chi connectivity index (χ2v) is 5.31. The average molecular weight is 259 g/mol. The molecule has 0 unspecified atom stereocenters. The van der Waals surface area contributed by atoms with Crippen molar-refractivity contribution in [3.8, 4) is 0 Å². The molecule has 0 aromatic heterocycles. The van der Waals surface area contributed by atoms with Gasteiger partial charge in [0.25, 0.3) is 0 Å². The Bertz CT molecular complexity index is 403. The maximum absolute atomic E-state index is 4.67. The highest BCUT2D eigenvalue weighted by molar-refractivity contribution is 5.80. The predicted octanol–water partition coefficient (Wildman–Crippen LogP) is 2.99. The van der Waals surface area contributed by atoms with Crippen molar-refractivity contribution in [1.29, 1.82) is 0 Å². The molecule has 1 aromatic rings. The average Bonchev–Trinajstić information content (AvgIpc) is 2.91. The number of hydrogen-bond acceptors (Lipinski definition) is 1. The lowest BCUT2D eigenvalue weighted by Gasteiger charge is -2.16. The number of aliphatic imine (C=N–C) groups is 1. The molecule has 0 atom stereocenters. The van der Waals surface area contributed by atoms with E-state index in [9.17, 15) is 0 Å². The molecule has 2 rings (SSSR count). The van der Waals surface area contributed by atoms with Crippen LogP contribution in [0.1, 0.15) is 43.7 Å². The first kappa shape index (κ1) is 13.9. The maximum Gasteiger partial charge on any atom is 0.191 e. The molecule has 0 aliphatic heterocycles. The van der Waals surface area contributed by atoms with Crippen LogP contribution in [0.25, 0.3) is 0 Å². The summed E-state index contributed by atoms with van der Waals surface area (Å²) in [6, 6.07) is 9.19. The van der Waals surface area contributed by atoms with Crippen LogP contribution < -0.4 is 10.6 Å². The topological polar surface area (TPSA) is 36.4 Å². The molecule has 1 saturated carbocycles. The Hall–Kier alpha value is -1.51. The van der Waals surface area contributed by atoms with Crippen molar-refractivity contribution in [2.24, 2.45) is 4.99 Å². The van der Waals surface area contributed by atoms with Gasteiger partial charge in [0.2, 0.25) is 0 Å². The van der Waals surface area contributed by atoms with Gasteiger partial charge in [0.15, 0.2) is 5.96 Å². The quantitative estimate of drug-likeness (QED) is 0.644. The molecule has 0 heterocycles. The largest absolute Gasteiger partial charge is 0.357 e. The van der Waals surface area contributed by atoms with Crippen LogP contribution in [0.15, 0.2) is 29.3 Å². The molecule has 1 aliphatic rings. The monoisotopic (exact) mass is 259 g/mol. The van der Waals surface area contributed by atoms with Gasteiger partial charge < -0.3 is 10.6 Å². The fourth-order valence-corrected chi connectivity index (χ4v) is 2.45. The molecule has 0 saturated heterocycles. The number of aryl methyl sites for hydroxylation is 1. The first-order valence-electron chi connectivity index (χ1n) is 7.38. The summed E-state index contributed by atoms with van der Waals surface area (Å²) in [7, 11) is 0. The highest BCUT2D eigenvalue weighted by atomic mass is 15.2. The summed E-state index contributed by atoms with van der Waals surface area (Å²) >= 11 is 0. The number of rotatable bonds is 4. The van der Waals surface area contributed by atoms with Gasteiger partial charge in [-0.15, -0.1) is 0 Å². The maximum atomic E-state index is 4.67. The zero-order valence-corrected chi connectivity index (χ0v) is 12.1. The summed E-state index contributed by atoms with van der Waals surface area (Å²) in [4.78, 5) is 4.67. The fourth-order valence-electron chi connectivity index (χ4n) is 2.45. The number of nitrogens with one attached hydrogen (secondary N) is 2. The third kappa shape index (κ3) is 4.58. The van der Waals surface area contributed by atoms with Crippen LogP contribution >= 0.6 is 0 Å². The first-order valence-corrected chi connectivity index (χ1v) is 7.38. The Balaban J connectivity index is 1.92. The fraction of sp³-hybridized carbons (Fsp3) is 0.562. The van der Waals surface area contributed by atoms with Crippen molar-refractivity contribution in [2.45, 2.75) is 52.1 Å². The van der Waals surface area contributed by atoms with Gasteiger partial charge in [0.1, 0.15) is 0 Å². The highest BCUT2D eigenvalue weighted by Gasteiger charge is 2.15. The van der Waals surface area contributed by atoms with Gasteiger partial charge in [-0.2, -0.15) is 0 Å². The smallest absolute Gasteiger partial charge is 0.191 e. The summed E-state index contributed by atoms with van der Waals surface area (Å²) in [5, 5.41) is 6.87. The molecule has 1 fully saturated rings. The summed E-state index contributed by atoms with van der Waals surface area (Å²) in [6.07, 6.45) is 5.23. The zero-order chi connectivity index (χ0) is 13.5. The Kier molecular flexibility index (Phi) is 5.25. The van der Waals surface area contributed by atoms with E-state index in [1.807, 2.05) is 0 Å². The molecule has 0 bridgehead atoms. The molecule has 0 radical (unpaired) electrons. The second-order valence-electron chi connectivity index (χ2n) is 5.31. The van der Waals surface area contributed by atoms with Crippen molar-refractivity contribution in [2.75, 3.05) is 6.54 Å². The molecule has 1 aliphatic carbocycles. The lowest BCUT2D eigenvalue weighted by Crippen LogP contribution is -2.42. The van der Waals surface area contributed by atoms with Crippen molar-refractivity contribution in [3.05, 3.63) is 35.4 Å². The lowest BCUT2D eigenvalue weighted by molar-refractivity contribution is 0.614. The van der Waals surface area contributed by atoms with Gasteiger partial charge >= 0.3 is 0 Å². The van der Waals surface area contributed by atoms with E-state index < -0.39 is 0 Å². The van der Waals surface area contributed by atoms with E-state index in [-0.39, 0.29) is 0 Å². The van der Waals surface area contributed by atoms with Gasteiger partial charge in [-0.25, -0.2) is 4.99 Å². The molecule has 3 nitrogen and oxygen atoms in total. The minimum absolute atomic E-state index is 0.607. The Morgan fingerprint density at radius 3 is 2.53 bits per heavy atom. The minimum Gasteiger partial charge on any atom is -0.357 e. The Morgan fingerprint density at radius 1 is 1.21 bits per heavy atom. The van der Waals surface area contributed by atoms with Gasteiger partial charge in [-0.1, -0.05) is 42.7 Å². The van der Waals surface area contributed by atoms with Crippen molar-refractivity contribution >= 4 is 5.96 Å². The van der Waals surface area contributed by atoms with Gasteiger partial charge in [-0.05, 0) is 32.3 Å². The van der Waals surface area contributed by atoms with Crippen LogP contribution in [-0.2, 0) is 6.54 Å². The summed E-state index contributed by atoms with van der Waals surface area (Å²) in [5.74, 6) is 0.954. The van der Waals surface area contributed by atoms with Crippen LogP contribution in [0.4, 0.5) is 0 Å². The summed E-state index contributed by atoms with van der Waals surface area (Å²) in [5.41, 5.74) is 2.55. The van der Waals surface area contributed by atoms with Gasteiger partial charge in [0.05, 0.1) is 6.54 Å². The molecule has 1 aromatic carbocycles. The molecule has 19 heavy (non-hydrogen) atoms. The van der Waals surface area contributed by atoms with Crippen LogP contribution in [0, 0.1) is 6.92 Å². The minimum atomic E-state index is 0.607. The van der Waals surface area contributed by atoms with Crippen LogP contribution in [0.2, 0.25) is 0 Å². The molecular weight excluding hydrogens is 234 g/mol. The van der Waals surface area contributed by atoms with Crippen LogP contribution in [0.3, 0.4) is 0 Å². The van der Waals surface area contributed by atoms with E-state index in [2.05, 4.69) is 53.7 Å². The van der Waals surface area contributed by atoms with E-state index in [4.69, 9.17) is 0 Å². The van der Waals surface area contributed by atoms with E-state index >= 15 is 0 Å². The Morgan fingerprint density at radius 2 is 1.89 bits per heavy atom. The van der Waals surface area contributed by atoms with Gasteiger partial charge in [-0.3, -0.25) is 0 Å². The van der Waals surface area contributed by atoms with Crippen molar-refractivity contribution in [3.63, 3.8) is 0 Å². The Labute approximate surface area is 116 Å².